The Hall–Kier alpha value is -2.64. The number of nitrogens with one attached hydrogen (secondary N) is 1. The minimum atomic E-state index is -0.569. The number of hydrogen-bond acceptors (Lipinski definition) is 5. The molecule has 0 bridgehead atoms. The van der Waals surface area contributed by atoms with Gasteiger partial charge in [-0.3, -0.25) is 14.9 Å². The van der Waals surface area contributed by atoms with Gasteiger partial charge in [0.1, 0.15) is 5.75 Å². The van der Waals surface area contributed by atoms with Gasteiger partial charge in [0.2, 0.25) is 5.75 Å². The molecule has 0 fully saturated rings. The van der Waals surface area contributed by atoms with Gasteiger partial charge in [-0.2, -0.15) is 0 Å². The first kappa shape index (κ1) is 18.7. The molecule has 8 heteroatoms. The fourth-order valence-corrected chi connectivity index (χ4v) is 2.29. The summed E-state index contributed by atoms with van der Waals surface area (Å²) in [5, 5.41) is 14.1. The highest BCUT2D eigenvalue weighted by Crippen LogP contribution is 2.33. The van der Waals surface area contributed by atoms with Crippen molar-refractivity contribution >= 4 is 23.2 Å². The molecule has 1 unspecified atom stereocenters. The highest BCUT2D eigenvalue weighted by Gasteiger charge is 2.17. The van der Waals surface area contributed by atoms with E-state index in [4.69, 9.17) is 21.1 Å². The highest BCUT2D eigenvalue weighted by atomic mass is 35.5. The standard InChI is InChI=1S/C17H17ClN2O5/c1-11(10-24-2)19-17(21)12-3-6-14(7-4-12)25-16-8-5-13(18)9-15(16)20(22)23/h3-9,11H,10H2,1-2H3,(H,19,21). The maximum Gasteiger partial charge on any atom is 0.313 e. The molecule has 2 aromatic rings. The van der Waals surface area contributed by atoms with Crippen LogP contribution in [0.25, 0.3) is 0 Å². The number of hydrogen-bond donors (Lipinski definition) is 1. The Labute approximate surface area is 149 Å². The second-order valence-electron chi connectivity index (χ2n) is 5.33. The van der Waals surface area contributed by atoms with Crippen LogP contribution in [0.3, 0.4) is 0 Å². The minimum Gasteiger partial charge on any atom is -0.450 e. The van der Waals surface area contributed by atoms with E-state index in [1.165, 1.54) is 18.2 Å². The van der Waals surface area contributed by atoms with E-state index in [0.29, 0.717) is 17.9 Å². The summed E-state index contributed by atoms with van der Waals surface area (Å²) >= 11 is 5.77. The first-order valence-electron chi connectivity index (χ1n) is 7.42. The lowest BCUT2D eigenvalue weighted by atomic mass is 10.2. The maximum atomic E-state index is 12.1. The summed E-state index contributed by atoms with van der Waals surface area (Å²) in [7, 11) is 1.56. The molecule has 0 heterocycles. The summed E-state index contributed by atoms with van der Waals surface area (Å²) in [5.74, 6) is 0.195. The van der Waals surface area contributed by atoms with E-state index in [-0.39, 0.29) is 28.4 Å². The number of rotatable bonds is 7. The molecule has 2 aromatic carbocycles. The molecule has 0 aromatic heterocycles. The number of ether oxygens (including phenoxy) is 2. The highest BCUT2D eigenvalue weighted by molar-refractivity contribution is 6.30. The second kappa shape index (κ2) is 8.46. The number of nitro benzene ring substituents is 1. The van der Waals surface area contributed by atoms with Gasteiger partial charge in [0.15, 0.2) is 0 Å². The molecule has 1 atom stereocenters. The van der Waals surface area contributed by atoms with Gasteiger partial charge in [-0.1, -0.05) is 11.6 Å². The lowest BCUT2D eigenvalue weighted by molar-refractivity contribution is -0.385. The predicted octanol–water partition coefficient (Wildman–Crippen LogP) is 3.81. The molecule has 0 aliphatic rings. The lowest BCUT2D eigenvalue weighted by Crippen LogP contribution is -2.35. The van der Waals surface area contributed by atoms with E-state index in [1.54, 1.807) is 31.4 Å². The monoisotopic (exact) mass is 364 g/mol. The van der Waals surface area contributed by atoms with Gasteiger partial charge >= 0.3 is 5.69 Å². The summed E-state index contributed by atoms with van der Waals surface area (Å²) in [6.45, 7) is 2.24. The average Bonchev–Trinajstić information content (AvgIpc) is 2.57. The molecule has 0 aliphatic carbocycles. The van der Waals surface area contributed by atoms with Crippen molar-refractivity contribution in [1.82, 2.24) is 5.32 Å². The molecule has 1 N–H and O–H groups in total. The third-order valence-corrected chi connectivity index (χ3v) is 3.49. The van der Waals surface area contributed by atoms with E-state index >= 15 is 0 Å². The molecule has 7 nitrogen and oxygen atoms in total. The van der Waals surface area contributed by atoms with Gasteiger partial charge < -0.3 is 14.8 Å². The van der Waals surface area contributed by atoms with Crippen LogP contribution in [0.4, 0.5) is 5.69 Å². The van der Waals surface area contributed by atoms with Crippen molar-refractivity contribution in [2.45, 2.75) is 13.0 Å². The Bertz CT molecular complexity index is 764. The molecule has 0 aliphatic heterocycles. The molecule has 0 saturated heterocycles. The van der Waals surface area contributed by atoms with Crippen LogP contribution in [0.5, 0.6) is 11.5 Å². The Morgan fingerprint density at radius 1 is 1.28 bits per heavy atom. The van der Waals surface area contributed by atoms with Crippen molar-refractivity contribution in [1.29, 1.82) is 0 Å². The third-order valence-electron chi connectivity index (χ3n) is 3.26. The SMILES string of the molecule is COCC(C)NC(=O)c1ccc(Oc2ccc(Cl)cc2[N+](=O)[O-])cc1. The Kier molecular flexibility index (Phi) is 6.32. The average molecular weight is 365 g/mol. The zero-order valence-corrected chi connectivity index (χ0v) is 14.4. The van der Waals surface area contributed by atoms with Gasteiger partial charge in [-0.05, 0) is 43.3 Å². The van der Waals surface area contributed by atoms with E-state index in [2.05, 4.69) is 5.32 Å². The molecule has 2 rings (SSSR count). The van der Waals surface area contributed by atoms with E-state index in [0.717, 1.165) is 0 Å². The van der Waals surface area contributed by atoms with Crippen molar-refractivity contribution < 1.29 is 19.2 Å². The van der Waals surface area contributed by atoms with Crippen molar-refractivity contribution in [3.63, 3.8) is 0 Å². The van der Waals surface area contributed by atoms with Crippen molar-refractivity contribution in [3.05, 3.63) is 63.2 Å². The number of methoxy groups -OCH3 is 1. The number of amides is 1. The quantitative estimate of drug-likeness (QED) is 0.596. The van der Waals surface area contributed by atoms with Crippen LogP contribution in [0.15, 0.2) is 42.5 Å². The normalized spacial score (nSPS) is 11.6. The number of nitrogens with zero attached hydrogens (tertiary/aromatic N) is 1. The number of benzene rings is 2. The summed E-state index contributed by atoms with van der Waals surface area (Å²) in [4.78, 5) is 22.6. The van der Waals surface area contributed by atoms with Gasteiger partial charge in [0.05, 0.1) is 11.5 Å². The second-order valence-corrected chi connectivity index (χ2v) is 5.76. The summed E-state index contributed by atoms with van der Waals surface area (Å²) in [6, 6.07) is 10.3. The van der Waals surface area contributed by atoms with Crippen LogP contribution in [-0.4, -0.2) is 30.6 Å². The first-order valence-corrected chi connectivity index (χ1v) is 7.80. The third kappa shape index (κ3) is 5.17. The van der Waals surface area contributed by atoms with Crippen LogP contribution < -0.4 is 10.1 Å². The first-order chi connectivity index (χ1) is 11.9. The molecule has 1 amide bonds. The molecule has 0 saturated carbocycles. The van der Waals surface area contributed by atoms with Crippen LogP contribution >= 0.6 is 11.6 Å². The largest absolute Gasteiger partial charge is 0.450 e. The predicted molar refractivity (Wildman–Crippen MR) is 93.4 cm³/mol. The Morgan fingerprint density at radius 3 is 2.56 bits per heavy atom. The smallest absolute Gasteiger partial charge is 0.313 e. The molecule has 0 radical (unpaired) electrons. The zero-order valence-electron chi connectivity index (χ0n) is 13.7. The zero-order chi connectivity index (χ0) is 18.4. The molecular formula is C17H17ClN2O5. The fraction of sp³-hybridized carbons (Fsp3) is 0.235. The topological polar surface area (TPSA) is 90.7 Å². The summed E-state index contributed by atoms with van der Waals surface area (Å²) in [5.41, 5.74) is 0.212. The van der Waals surface area contributed by atoms with Gasteiger partial charge in [0, 0.05) is 29.8 Å². The lowest BCUT2D eigenvalue weighted by Gasteiger charge is -2.13. The molecule has 25 heavy (non-hydrogen) atoms. The number of halogens is 1. The van der Waals surface area contributed by atoms with Gasteiger partial charge in [-0.25, -0.2) is 0 Å². The van der Waals surface area contributed by atoms with Crippen LogP contribution in [0.2, 0.25) is 5.02 Å². The number of carbonyl (C=O) groups excluding carboxylic acids is 1. The van der Waals surface area contributed by atoms with E-state index in [9.17, 15) is 14.9 Å². The Morgan fingerprint density at radius 2 is 1.96 bits per heavy atom. The summed E-state index contributed by atoms with van der Waals surface area (Å²) in [6.07, 6.45) is 0. The molecular weight excluding hydrogens is 348 g/mol. The summed E-state index contributed by atoms with van der Waals surface area (Å²) < 4.78 is 10.5. The van der Waals surface area contributed by atoms with Crippen LogP contribution in [0.1, 0.15) is 17.3 Å². The van der Waals surface area contributed by atoms with Crippen molar-refractivity contribution in [2.24, 2.45) is 0 Å². The van der Waals surface area contributed by atoms with Crippen molar-refractivity contribution in [2.75, 3.05) is 13.7 Å². The van der Waals surface area contributed by atoms with Crippen LogP contribution in [0, 0.1) is 10.1 Å². The Balaban J connectivity index is 2.11. The number of carbonyl (C=O) groups is 1. The minimum absolute atomic E-state index is 0.0697. The van der Waals surface area contributed by atoms with E-state index in [1.807, 2.05) is 6.92 Å². The molecule has 132 valence electrons. The number of nitro groups is 1. The molecule has 0 spiro atoms. The fourth-order valence-electron chi connectivity index (χ4n) is 2.12. The van der Waals surface area contributed by atoms with Gasteiger partial charge in [-0.15, -0.1) is 0 Å². The van der Waals surface area contributed by atoms with Crippen LogP contribution in [-0.2, 0) is 4.74 Å². The van der Waals surface area contributed by atoms with E-state index < -0.39 is 4.92 Å². The van der Waals surface area contributed by atoms with Gasteiger partial charge in [0.25, 0.3) is 5.91 Å². The van der Waals surface area contributed by atoms with Crippen molar-refractivity contribution in [3.8, 4) is 11.5 Å². The maximum absolute atomic E-state index is 12.1.